The molecule has 1 N–H and O–H groups in total. The van der Waals surface area contributed by atoms with Crippen LogP contribution in [0, 0.1) is 0 Å². The van der Waals surface area contributed by atoms with E-state index in [0.29, 0.717) is 41.7 Å². The lowest BCUT2D eigenvalue weighted by atomic mass is 10.1. The van der Waals surface area contributed by atoms with Gasteiger partial charge in [0.15, 0.2) is 0 Å². The van der Waals surface area contributed by atoms with Crippen molar-refractivity contribution in [1.82, 2.24) is 9.62 Å². The Hall–Kier alpha value is -1.60. The third kappa shape index (κ3) is 5.45. The van der Waals surface area contributed by atoms with E-state index < -0.39 is 10.0 Å². The fraction of sp³-hybridized carbons (Fsp3) is 0.316. The van der Waals surface area contributed by atoms with E-state index in [-0.39, 0.29) is 10.8 Å². The molecule has 1 amide bonds. The normalized spacial score (nSPS) is 11.6. The highest BCUT2D eigenvalue weighted by Gasteiger charge is 2.22. The van der Waals surface area contributed by atoms with Crippen molar-refractivity contribution >= 4 is 39.1 Å². The highest BCUT2D eigenvalue weighted by molar-refractivity contribution is 7.89. The standard InChI is InChI=1S/C19H22Cl2N2O3S/c1-3-23(4-2)27(25,26)17-7-5-6-15(12-17)19(24)22-11-10-14-8-9-16(20)13-18(14)21/h5-9,12-13H,3-4,10-11H2,1-2H3,(H,22,24). The summed E-state index contributed by atoms with van der Waals surface area (Å²) >= 11 is 12.0. The monoisotopic (exact) mass is 428 g/mol. The van der Waals surface area contributed by atoms with Crippen molar-refractivity contribution in [3.63, 3.8) is 0 Å². The smallest absolute Gasteiger partial charge is 0.251 e. The summed E-state index contributed by atoms with van der Waals surface area (Å²) < 4.78 is 26.6. The molecular weight excluding hydrogens is 407 g/mol. The van der Waals surface area contributed by atoms with Gasteiger partial charge in [-0.15, -0.1) is 0 Å². The van der Waals surface area contributed by atoms with Crippen LogP contribution < -0.4 is 5.32 Å². The molecule has 2 aromatic rings. The lowest BCUT2D eigenvalue weighted by Crippen LogP contribution is -2.31. The number of nitrogens with zero attached hydrogens (tertiary/aromatic N) is 1. The molecule has 0 unspecified atom stereocenters. The van der Waals surface area contributed by atoms with Crippen molar-refractivity contribution in [2.24, 2.45) is 0 Å². The summed E-state index contributed by atoms with van der Waals surface area (Å²) in [5, 5.41) is 3.89. The molecule has 146 valence electrons. The van der Waals surface area contributed by atoms with E-state index in [1.807, 2.05) is 6.07 Å². The molecule has 0 heterocycles. The van der Waals surface area contributed by atoms with Gasteiger partial charge in [-0.3, -0.25) is 4.79 Å². The lowest BCUT2D eigenvalue weighted by Gasteiger charge is -2.18. The summed E-state index contributed by atoms with van der Waals surface area (Å²) in [6.45, 7) is 4.67. The summed E-state index contributed by atoms with van der Waals surface area (Å²) in [5.41, 5.74) is 1.17. The summed E-state index contributed by atoms with van der Waals surface area (Å²) in [5.74, 6) is -0.336. The van der Waals surface area contributed by atoms with E-state index in [2.05, 4.69) is 5.32 Å². The molecule has 0 saturated carbocycles. The van der Waals surface area contributed by atoms with Gasteiger partial charge in [0.1, 0.15) is 0 Å². The maximum atomic E-state index is 12.6. The van der Waals surface area contributed by atoms with Crippen LogP contribution in [0.3, 0.4) is 0 Å². The molecule has 0 aliphatic heterocycles. The first kappa shape index (κ1) is 21.7. The first-order valence-corrected chi connectivity index (χ1v) is 10.8. The fourth-order valence-corrected chi connectivity index (χ4v) is 4.65. The zero-order chi connectivity index (χ0) is 20.0. The Morgan fingerprint density at radius 2 is 1.78 bits per heavy atom. The minimum absolute atomic E-state index is 0.111. The Kier molecular flexibility index (Phi) is 7.68. The molecule has 0 aliphatic rings. The van der Waals surface area contributed by atoms with Crippen LogP contribution in [0.2, 0.25) is 10.0 Å². The van der Waals surface area contributed by atoms with Crippen LogP contribution >= 0.6 is 23.2 Å². The van der Waals surface area contributed by atoms with Crippen LogP contribution in [0.4, 0.5) is 0 Å². The second-order valence-corrected chi connectivity index (χ2v) is 8.64. The Morgan fingerprint density at radius 3 is 2.41 bits per heavy atom. The number of hydrogen-bond donors (Lipinski definition) is 1. The Morgan fingerprint density at radius 1 is 1.07 bits per heavy atom. The second-order valence-electron chi connectivity index (χ2n) is 5.86. The van der Waals surface area contributed by atoms with Crippen LogP contribution in [0.15, 0.2) is 47.4 Å². The van der Waals surface area contributed by atoms with Gasteiger partial charge >= 0.3 is 0 Å². The van der Waals surface area contributed by atoms with Gasteiger partial charge in [0.05, 0.1) is 4.90 Å². The molecule has 0 fully saturated rings. The zero-order valence-electron chi connectivity index (χ0n) is 15.2. The molecule has 0 spiro atoms. The Labute approximate surface area is 170 Å². The van der Waals surface area contributed by atoms with Gasteiger partial charge in [0.2, 0.25) is 10.0 Å². The number of carbonyl (C=O) groups excluding carboxylic acids is 1. The average molecular weight is 429 g/mol. The summed E-state index contributed by atoms with van der Waals surface area (Å²) in [7, 11) is -3.61. The molecule has 2 rings (SSSR count). The number of halogens is 2. The largest absolute Gasteiger partial charge is 0.352 e. The van der Waals surface area contributed by atoms with E-state index in [9.17, 15) is 13.2 Å². The van der Waals surface area contributed by atoms with Gasteiger partial charge in [0, 0.05) is 35.2 Å². The minimum atomic E-state index is -3.61. The Balaban J connectivity index is 2.07. The fourth-order valence-electron chi connectivity index (χ4n) is 2.65. The van der Waals surface area contributed by atoms with Gasteiger partial charge in [-0.1, -0.05) is 49.2 Å². The van der Waals surface area contributed by atoms with Crippen molar-refractivity contribution in [3.05, 3.63) is 63.6 Å². The number of hydrogen-bond acceptors (Lipinski definition) is 3. The third-order valence-electron chi connectivity index (χ3n) is 4.13. The van der Waals surface area contributed by atoms with E-state index in [4.69, 9.17) is 23.2 Å². The first-order valence-electron chi connectivity index (χ1n) is 8.62. The molecule has 2 aromatic carbocycles. The maximum Gasteiger partial charge on any atom is 0.251 e. The molecule has 0 saturated heterocycles. The van der Waals surface area contributed by atoms with E-state index >= 15 is 0 Å². The van der Waals surface area contributed by atoms with Gasteiger partial charge in [0.25, 0.3) is 5.91 Å². The number of benzene rings is 2. The maximum absolute atomic E-state index is 12.6. The zero-order valence-corrected chi connectivity index (χ0v) is 17.5. The molecule has 0 aliphatic carbocycles. The molecule has 0 atom stereocenters. The van der Waals surface area contributed by atoms with Crippen LogP contribution in [0.1, 0.15) is 29.8 Å². The van der Waals surface area contributed by atoms with E-state index in [0.717, 1.165) is 5.56 Å². The first-order chi connectivity index (χ1) is 12.8. The summed E-state index contributed by atoms with van der Waals surface area (Å²) in [4.78, 5) is 12.5. The number of rotatable bonds is 8. The van der Waals surface area contributed by atoms with Gasteiger partial charge < -0.3 is 5.32 Å². The molecular formula is C19H22Cl2N2O3S. The molecule has 0 aromatic heterocycles. The van der Waals surface area contributed by atoms with E-state index in [1.165, 1.54) is 16.4 Å². The SMILES string of the molecule is CCN(CC)S(=O)(=O)c1cccc(C(=O)NCCc2ccc(Cl)cc2Cl)c1. The van der Waals surface area contributed by atoms with E-state index in [1.54, 1.807) is 38.1 Å². The number of amides is 1. The highest BCUT2D eigenvalue weighted by Crippen LogP contribution is 2.21. The van der Waals surface area contributed by atoms with Crippen LogP contribution in [-0.4, -0.2) is 38.3 Å². The van der Waals surface area contributed by atoms with Gasteiger partial charge in [-0.2, -0.15) is 4.31 Å². The van der Waals surface area contributed by atoms with Crippen molar-refractivity contribution in [2.75, 3.05) is 19.6 Å². The molecule has 27 heavy (non-hydrogen) atoms. The predicted octanol–water partition coefficient (Wildman–Crippen LogP) is 4.00. The van der Waals surface area contributed by atoms with Crippen LogP contribution in [0.5, 0.6) is 0 Å². The minimum Gasteiger partial charge on any atom is -0.352 e. The van der Waals surface area contributed by atoms with Crippen LogP contribution in [-0.2, 0) is 16.4 Å². The third-order valence-corrected chi connectivity index (χ3v) is 6.77. The number of nitrogens with one attached hydrogen (secondary N) is 1. The molecule has 8 heteroatoms. The predicted molar refractivity (Wildman–Crippen MR) is 109 cm³/mol. The lowest BCUT2D eigenvalue weighted by molar-refractivity contribution is 0.0954. The highest BCUT2D eigenvalue weighted by atomic mass is 35.5. The van der Waals surface area contributed by atoms with Crippen molar-refractivity contribution in [1.29, 1.82) is 0 Å². The quantitative estimate of drug-likeness (QED) is 0.690. The summed E-state index contributed by atoms with van der Waals surface area (Å²) in [6.07, 6.45) is 0.541. The van der Waals surface area contributed by atoms with Crippen molar-refractivity contribution in [3.8, 4) is 0 Å². The molecule has 0 radical (unpaired) electrons. The summed E-state index contributed by atoms with van der Waals surface area (Å²) in [6, 6.07) is 11.3. The Bertz CT molecular complexity index is 913. The molecule has 5 nitrogen and oxygen atoms in total. The second kappa shape index (κ2) is 9.55. The average Bonchev–Trinajstić information content (AvgIpc) is 2.64. The van der Waals surface area contributed by atoms with Crippen molar-refractivity contribution in [2.45, 2.75) is 25.2 Å². The number of carbonyl (C=O) groups is 1. The van der Waals surface area contributed by atoms with Gasteiger partial charge in [-0.25, -0.2) is 8.42 Å². The van der Waals surface area contributed by atoms with Gasteiger partial charge in [-0.05, 0) is 42.3 Å². The van der Waals surface area contributed by atoms with Crippen molar-refractivity contribution < 1.29 is 13.2 Å². The number of sulfonamides is 1. The van der Waals surface area contributed by atoms with Crippen LogP contribution in [0.25, 0.3) is 0 Å². The molecule has 0 bridgehead atoms. The topological polar surface area (TPSA) is 66.5 Å².